The van der Waals surface area contributed by atoms with Crippen LogP contribution in [0.5, 0.6) is 0 Å². The summed E-state index contributed by atoms with van der Waals surface area (Å²) >= 11 is 27.4. The molecule has 0 saturated heterocycles. The number of sulfonamides is 1. The van der Waals surface area contributed by atoms with E-state index in [0.717, 1.165) is 40.2 Å². The number of nitrogens with zero attached hydrogens (tertiary/aromatic N) is 2. The maximum absolute atomic E-state index is 13.2. The van der Waals surface area contributed by atoms with Crippen molar-refractivity contribution in [2.24, 2.45) is 5.41 Å². The minimum atomic E-state index is -3.79. The minimum Gasteiger partial charge on any atom is -0.378 e. The maximum atomic E-state index is 13.2. The Morgan fingerprint density at radius 1 is 0.587 bits per heavy atom. The fourth-order valence-electron chi connectivity index (χ4n) is 8.64. The number of ether oxygens (including phenoxy) is 6. The van der Waals surface area contributed by atoms with Crippen molar-refractivity contribution in [3.63, 3.8) is 0 Å². The van der Waals surface area contributed by atoms with Crippen molar-refractivity contribution in [1.29, 1.82) is 0 Å². The highest BCUT2D eigenvalue weighted by Crippen LogP contribution is 2.40. The van der Waals surface area contributed by atoms with Crippen LogP contribution in [0.15, 0.2) is 82.6 Å². The fraction of sp³-hybridized carbons (Fsp3) is 0.509. The first kappa shape index (κ1) is 61.1. The smallest absolute Gasteiger partial charge is 0.240 e. The molecule has 2 heterocycles. The summed E-state index contributed by atoms with van der Waals surface area (Å²) in [6.45, 7) is 11.4. The Balaban J connectivity index is 0.710. The predicted octanol–water partition coefficient (Wildman–Crippen LogP) is 7.39. The van der Waals surface area contributed by atoms with Crippen molar-refractivity contribution in [2.75, 3.05) is 133 Å². The molecule has 2 atom stereocenters. The third-order valence-corrected chi connectivity index (χ3v) is 16.0. The molecule has 0 fully saturated rings. The third kappa shape index (κ3) is 19.0. The third-order valence-electron chi connectivity index (χ3n) is 12.6. The van der Waals surface area contributed by atoms with E-state index in [2.05, 4.69) is 61.2 Å². The van der Waals surface area contributed by atoms with Crippen LogP contribution in [-0.4, -0.2) is 163 Å². The predicted molar refractivity (Wildman–Crippen MR) is 296 cm³/mol. The first-order valence-electron chi connectivity index (χ1n) is 25.0. The van der Waals surface area contributed by atoms with E-state index in [4.69, 9.17) is 74.8 Å². The maximum Gasteiger partial charge on any atom is 0.240 e. The molecule has 4 aromatic rings. The summed E-state index contributed by atoms with van der Waals surface area (Å²) < 4.78 is 65.8. The molecule has 6 rings (SSSR count). The first-order valence-corrected chi connectivity index (χ1v) is 28.8. The number of nitrogens with one attached hydrogen (secondary N) is 4. The topological polar surface area (TPSA) is 178 Å². The van der Waals surface area contributed by atoms with Crippen molar-refractivity contribution >= 4 is 80.2 Å². The van der Waals surface area contributed by atoms with Crippen LogP contribution in [0.3, 0.4) is 0 Å². The van der Waals surface area contributed by atoms with Gasteiger partial charge in [0.25, 0.3) is 0 Å². The Morgan fingerprint density at radius 2 is 1.01 bits per heavy atom. The summed E-state index contributed by atoms with van der Waals surface area (Å²) in [4.78, 5) is 31.3. The lowest BCUT2D eigenvalue weighted by Crippen LogP contribution is -2.49. The standard InChI is InChI=1S/C53H70Cl4N6O10S2/c1-53(2,51(64)58-11-15-68-19-23-72-25-21-70-17-13-60-74-41-9-5-7-37(27-41)45-33-62(3)35-47-43(45)29-39(54)31-49(47)56)52(65)59-12-16-69-20-24-73-26-22-71-18-14-61-75(66,67)42-10-6-8-38(28-42)46-34-63(4)36-48-44(46)30-40(55)32-50(48)57/h5-10,27-32,45-46,60-61H,11-26,33-36H2,1-4H3,(H,58,64)(H,59,65). The zero-order valence-corrected chi connectivity index (χ0v) is 47.7. The Bertz CT molecular complexity index is 2600. The number of carbonyl (C=O) groups is 2. The van der Waals surface area contributed by atoms with E-state index in [-0.39, 0.29) is 62.8 Å². The Morgan fingerprint density at radius 3 is 1.51 bits per heavy atom. The molecule has 0 spiro atoms. The van der Waals surface area contributed by atoms with E-state index in [1.807, 2.05) is 31.3 Å². The monoisotopic (exact) mass is 1150 g/mol. The van der Waals surface area contributed by atoms with E-state index in [9.17, 15) is 18.0 Å². The van der Waals surface area contributed by atoms with E-state index < -0.39 is 27.3 Å². The van der Waals surface area contributed by atoms with Gasteiger partial charge < -0.3 is 48.9 Å². The first-order chi connectivity index (χ1) is 36.0. The highest BCUT2D eigenvalue weighted by molar-refractivity contribution is 7.97. The molecular formula is C53H70Cl4N6O10S2. The van der Waals surface area contributed by atoms with Gasteiger partial charge in [-0.3, -0.25) is 14.3 Å². The van der Waals surface area contributed by atoms with Crippen LogP contribution >= 0.6 is 58.4 Å². The van der Waals surface area contributed by atoms with Crippen LogP contribution in [0.2, 0.25) is 20.1 Å². The van der Waals surface area contributed by atoms with Gasteiger partial charge in [0.15, 0.2) is 0 Å². The Kier molecular flexibility index (Phi) is 25.2. The van der Waals surface area contributed by atoms with Gasteiger partial charge in [0.2, 0.25) is 21.8 Å². The molecule has 2 aliphatic rings. The molecule has 16 nitrogen and oxygen atoms in total. The van der Waals surface area contributed by atoms with Gasteiger partial charge in [-0.1, -0.05) is 70.7 Å². The highest BCUT2D eigenvalue weighted by Gasteiger charge is 2.36. The number of benzene rings is 4. The zero-order valence-electron chi connectivity index (χ0n) is 43.0. The zero-order chi connectivity index (χ0) is 53.8. The average molecular weight is 1160 g/mol. The van der Waals surface area contributed by atoms with Crippen LogP contribution in [0.1, 0.15) is 59.1 Å². The van der Waals surface area contributed by atoms with Crippen LogP contribution in [0.25, 0.3) is 0 Å². The van der Waals surface area contributed by atoms with Gasteiger partial charge in [-0.25, -0.2) is 13.1 Å². The lowest BCUT2D eigenvalue weighted by Gasteiger charge is -2.33. The number of hydrogen-bond acceptors (Lipinski definition) is 14. The van der Waals surface area contributed by atoms with Crippen molar-refractivity contribution in [2.45, 2.75) is 48.6 Å². The molecule has 0 saturated carbocycles. The summed E-state index contributed by atoms with van der Waals surface area (Å²) in [6.07, 6.45) is 0. The second-order valence-electron chi connectivity index (χ2n) is 18.8. The normalized spacial score (nSPS) is 16.2. The van der Waals surface area contributed by atoms with Gasteiger partial charge in [-0.05, 0) is 122 Å². The van der Waals surface area contributed by atoms with Gasteiger partial charge in [0.1, 0.15) is 5.41 Å². The van der Waals surface area contributed by atoms with Crippen LogP contribution in [-0.2, 0) is 61.1 Å². The molecule has 0 aromatic heterocycles. The molecule has 2 amide bonds. The SMILES string of the molecule is CN1Cc2c(Cl)cc(Cl)cc2C(c2cccc(SNCCOCCOCCOCCNC(=O)C(C)(C)C(=O)NCCOCCOCCOCCNS(=O)(=O)c3cccc(C4CN(C)Cc5c(Cl)cc(Cl)cc54)c3)c2)C1. The van der Waals surface area contributed by atoms with E-state index in [0.29, 0.717) is 92.6 Å². The number of carbonyl (C=O) groups excluding carboxylic acids is 2. The summed E-state index contributed by atoms with van der Waals surface area (Å²) in [5.74, 6) is -0.751. The quantitative estimate of drug-likeness (QED) is 0.0216. The number of fused-ring (bicyclic) bond motifs is 2. The second-order valence-corrected chi connectivity index (χ2v) is 23.2. The van der Waals surface area contributed by atoms with Crippen LogP contribution < -0.4 is 20.1 Å². The van der Waals surface area contributed by atoms with Gasteiger partial charge in [0.05, 0.1) is 84.2 Å². The lowest BCUT2D eigenvalue weighted by molar-refractivity contribution is -0.141. The average Bonchev–Trinajstić information content (AvgIpc) is 3.37. The minimum absolute atomic E-state index is 0.0885. The highest BCUT2D eigenvalue weighted by atomic mass is 35.5. The molecule has 412 valence electrons. The molecule has 0 bridgehead atoms. The van der Waals surface area contributed by atoms with Gasteiger partial charge in [-0.2, -0.15) is 0 Å². The van der Waals surface area contributed by atoms with Crippen molar-refractivity contribution < 1.29 is 46.4 Å². The van der Waals surface area contributed by atoms with E-state index in [1.165, 1.54) is 11.1 Å². The summed E-state index contributed by atoms with van der Waals surface area (Å²) in [5, 5.41) is 8.00. The number of amides is 2. The largest absolute Gasteiger partial charge is 0.378 e. The second kappa shape index (κ2) is 30.9. The van der Waals surface area contributed by atoms with Gasteiger partial charge in [0, 0.05) is 89.2 Å². The van der Waals surface area contributed by atoms with Crippen molar-refractivity contribution in [3.8, 4) is 0 Å². The number of rotatable bonds is 32. The van der Waals surface area contributed by atoms with E-state index in [1.54, 1.807) is 50.1 Å². The van der Waals surface area contributed by atoms with Gasteiger partial charge >= 0.3 is 0 Å². The molecule has 0 radical (unpaired) electrons. The Labute approximate surface area is 466 Å². The summed E-state index contributed by atoms with van der Waals surface area (Å²) in [5.41, 5.74) is 5.09. The number of likely N-dealkylation sites (N-methyl/N-ethyl adjacent to an activating group) is 2. The summed E-state index contributed by atoms with van der Waals surface area (Å²) in [7, 11) is 0.324. The molecule has 2 unspecified atom stereocenters. The summed E-state index contributed by atoms with van der Waals surface area (Å²) in [6, 6.07) is 23.0. The Hall–Kier alpha value is -3.12. The molecule has 4 N–H and O–H groups in total. The van der Waals surface area contributed by atoms with E-state index >= 15 is 0 Å². The molecular weight excluding hydrogens is 1090 g/mol. The molecule has 75 heavy (non-hydrogen) atoms. The van der Waals surface area contributed by atoms with Crippen LogP contribution in [0, 0.1) is 5.41 Å². The molecule has 0 aliphatic carbocycles. The molecule has 4 aromatic carbocycles. The van der Waals surface area contributed by atoms with Crippen LogP contribution in [0.4, 0.5) is 0 Å². The van der Waals surface area contributed by atoms with Crippen molar-refractivity contribution in [1.82, 2.24) is 29.9 Å². The van der Waals surface area contributed by atoms with Gasteiger partial charge in [-0.15, -0.1) is 0 Å². The molecule has 22 heteroatoms. The number of halogens is 4. The lowest BCUT2D eigenvalue weighted by atomic mass is 9.85. The van der Waals surface area contributed by atoms with Crippen molar-refractivity contribution in [3.05, 3.63) is 126 Å². The number of hydrogen-bond donors (Lipinski definition) is 4. The fourth-order valence-corrected chi connectivity index (χ4v) is 11.5. The molecule has 2 aliphatic heterocycles.